The normalized spacial score (nSPS) is 18.2. The van der Waals surface area contributed by atoms with Crippen molar-refractivity contribution in [2.24, 2.45) is 0 Å². The molecule has 29 heavy (non-hydrogen) atoms. The third-order valence-electron chi connectivity index (χ3n) is 4.95. The van der Waals surface area contributed by atoms with Crippen molar-refractivity contribution in [3.05, 3.63) is 59.4 Å². The Morgan fingerprint density at radius 3 is 2.69 bits per heavy atom. The van der Waals surface area contributed by atoms with Crippen LogP contribution in [0.2, 0.25) is 0 Å². The summed E-state index contributed by atoms with van der Waals surface area (Å²) in [7, 11) is -3.67. The lowest BCUT2D eigenvalue weighted by molar-refractivity contribution is -0.115. The molecule has 0 aliphatic carbocycles. The summed E-state index contributed by atoms with van der Waals surface area (Å²) in [5, 5.41) is 2.68. The van der Waals surface area contributed by atoms with Gasteiger partial charge in [-0.05, 0) is 43.2 Å². The van der Waals surface area contributed by atoms with Crippen molar-refractivity contribution in [1.29, 1.82) is 0 Å². The molecule has 2 aromatic carbocycles. The number of carbonyl (C=O) groups excluding carboxylic acids is 1. The van der Waals surface area contributed by atoms with E-state index in [0.717, 1.165) is 0 Å². The van der Waals surface area contributed by atoms with Gasteiger partial charge in [0.1, 0.15) is 5.82 Å². The number of hydrogen-bond donors (Lipinski definition) is 1. The van der Waals surface area contributed by atoms with Gasteiger partial charge in [0.05, 0.1) is 4.90 Å². The van der Waals surface area contributed by atoms with Crippen molar-refractivity contribution < 1.29 is 17.6 Å². The standard InChI is InChI=1S/C21H25FN2O3S2/c1-3-21(25)23-16-8-9-20(15(2)14-16)29(26,27)24-11-10-19(28-13-12-24)17-6-4-5-7-18(17)22/h4-9,14,19H,3,10-13H2,1-2H3,(H,23,25)/t19-/m1/s1. The molecule has 156 valence electrons. The highest BCUT2D eigenvalue weighted by Crippen LogP contribution is 2.37. The number of carbonyl (C=O) groups is 1. The number of thioether (sulfide) groups is 1. The number of sulfonamides is 1. The van der Waals surface area contributed by atoms with Crippen LogP contribution in [-0.2, 0) is 14.8 Å². The molecule has 5 nitrogen and oxygen atoms in total. The van der Waals surface area contributed by atoms with Gasteiger partial charge < -0.3 is 5.32 Å². The van der Waals surface area contributed by atoms with Crippen molar-refractivity contribution in [1.82, 2.24) is 4.31 Å². The topological polar surface area (TPSA) is 66.5 Å². The molecular weight excluding hydrogens is 411 g/mol. The van der Waals surface area contributed by atoms with Crippen LogP contribution in [0.4, 0.5) is 10.1 Å². The van der Waals surface area contributed by atoms with Crippen LogP contribution in [0.3, 0.4) is 0 Å². The minimum Gasteiger partial charge on any atom is -0.326 e. The molecule has 8 heteroatoms. The second kappa shape index (κ2) is 9.28. The van der Waals surface area contributed by atoms with Gasteiger partial charge in [-0.2, -0.15) is 16.1 Å². The Balaban J connectivity index is 1.78. The summed E-state index contributed by atoms with van der Waals surface area (Å²) in [4.78, 5) is 11.8. The molecule has 1 amide bonds. The predicted molar refractivity (Wildman–Crippen MR) is 115 cm³/mol. The van der Waals surface area contributed by atoms with Crippen LogP contribution >= 0.6 is 11.8 Å². The van der Waals surface area contributed by atoms with Crippen molar-refractivity contribution >= 4 is 33.4 Å². The van der Waals surface area contributed by atoms with E-state index >= 15 is 0 Å². The van der Waals surface area contributed by atoms with E-state index in [0.29, 0.717) is 48.5 Å². The average Bonchev–Trinajstić information content (AvgIpc) is 2.95. The van der Waals surface area contributed by atoms with Gasteiger partial charge in [-0.1, -0.05) is 25.1 Å². The monoisotopic (exact) mass is 436 g/mol. The van der Waals surface area contributed by atoms with Crippen LogP contribution in [0.25, 0.3) is 0 Å². The van der Waals surface area contributed by atoms with Gasteiger partial charge in [-0.15, -0.1) is 0 Å². The molecule has 1 aliphatic heterocycles. The summed E-state index contributed by atoms with van der Waals surface area (Å²) in [6.07, 6.45) is 0.905. The molecule has 1 N–H and O–H groups in total. The Morgan fingerprint density at radius 1 is 1.24 bits per heavy atom. The van der Waals surface area contributed by atoms with Crippen molar-refractivity contribution in [2.75, 3.05) is 24.2 Å². The molecular formula is C21H25FN2O3S2. The molecule has 3 rings (SSSR count). The number of benzene rings is 2. The third-order valence-corrected chi connectivity index (χ3v) is 8.32. The molecule has 1 saturated heterocycles. The Morgan fingerprint density at radius 2 is 2.00 bits per heavy atom. The maximum Gasteiger partial charge on any atom is 0.243 e. The molecule has 0 saturated carbocycles. The number of rotatable bonds is 5. The third kappa shape index (κ3) is 4.99. The molecule has 1 fully saturated rings. The Kier molecular flexibility index (Phi) is 6.97. The van der Waals surface area contributed by atoms with Gasteiger partial charge in [-0.25, -0.2) is 12.8 Å². The first kappa shape index (κ1) is 21.8. The van der Waals surface area contributed by atoms with E-state index in [4.69, 9.17) is 0 Å². The second-order valence-corrected chi connectivity index (χ2v) is 10.2. The minimum atomic E-state index is -3.67. The first-order valence-corrected chi connectivity index (χ1v) is 12.1. The zero-order valence-electron chi connectivity index (χ0n) is 16.5. The summed E-state index contributed by atoms with van der Waals surface area (Å²) in [6, 6.07) is 11.5. The van der Waals surface area contributed by atoms with E-state index < -0.39 is 10.0 Å². The Labute approximate surface area is 175 Å². The number of hydrogen-bond acceptors (Lipinski definition) is 4. The summed E-state index contributed by atoms with van der Waals surface area (Å²) in [6.45, 7) is 4.20. The lowest BCUT2D eigenvalue weighted by Crippen LogP contribution is -2.33. The van der Waals surface area contributed by atoms with E-state index in [2.05, 4.69) is 5.32 Å². The van der Waals surface area contributed by atoms with Gasteiger partial charge in [0.2, 0.25) is 15.9 Å². The van der Waals surface area contributed by atoms with Crippen LogP contribution in [-0.4, -0.2) is 37.5 Å². The largest absolute Gasteiger partial charge is 0.326 e. The Hall–Kier alpha value is -1.90. The number of anilines is 1. The first-order valence-electron chi connectivity index (χ1n) is 9.59. The highest BCUT2D eigenvalue weighted by atomic mass is 32.2. The highest BCUT2D eigenvalue weighted by molar-refractivity contribution is 7.99. The van der Waals surface area contributed by atoms with Crippen molar-refractivity contribution in [3.63, 3.8) is 0 Å². The van der Waals surface area contributed by atoms with Crippen LogP contribution in [0.15, 0.2) is 47.4 Å². The van der Waals surface area contributed by atoms with E-state index in [1.165, 1.54) is 10.4 Å². The first-order chi connectivity index (χ1) is 13.8. The molecule has 2 aromatic rings. The van der Waals surface area contributed by atoms with Gasteiger partial charge >= 0.3 is 0 Å². The van der Waals surface area contributed by atoms with E-state index in [1.807, 2.05) is 0 Å². The van der Waals surface area contributed by atoms with Crippen molar-refractivity contribution in [2.45, 2.75) is 36.8 Å². The number of amides is 1. The van der Waals surface area contributed by atoms with Gasteiger partial charge in [0.25, 0.3) is 0 Å². The smallest absolute Gasteiger partial charge is 0.243 e. The van der Waals surface area contributed by atoms with E-state index in [9.17, 15) is 17.6 Å². The summed E-state index contributed by atoms with van der Waals surface area (Å²) in [5.74, 6) is 0.229. The fourth-order valence-electron chi connectivity index (χ4n) is 3.38. The van der Waals surface area contributed by atoms with Gasteiger partial charge in [-0.3, -0.25) is 4.79 Å². The minimum absolute atomic E-state index is 0.0656. The molecule has 0 aromatic heterocycles. The predicted octanol–water partition coefficient (Wildman–Crippen LogP) is 4.35. The molecule has 1 atom stereocenters. The average molecular weight is 437 g/mol. The molecule has 1 heterocycles. The summed E-state index contributed by atoms with van der Waals surface area (Å²) < 4.78 is 42.0. The van der Waals surface area contributed by atoms with Crippen molar-refractivity contribution in [3.8, 4) is 0 Å². The van der Waals surface area contributed by atoms with Crippen LogP contribution in [0, 0.1) is 12.7 Å². The van der Waals surface area contributed by atoms with Gasteiger partial charge in [0, 0.05) is 41.8 Å². The van der Waals surface area contributed by atoms with E-state index in [-0.39, 0.29) is 21.9 Å². The number of halogens is 1. The summed E-state index contributed by atoms with van der Waals surface area (Å²) >= 11 is 1.59. The molecule has 1 aliphatic rings. The van der Waals surface area contributed by atoms with E-state index in [1.54, 1.807) is 62.0 Å². The SMILES string of the molecule is CCC(=O)Nc1ccc(S(=O)(=O)N2CCS[C@@H](c3ccccc3F)CC2)c(C)c1. The second-order valence-electron chi connectivity index (χ2n) is 6.96. The van der Waals surface area contributed by atoms with Crippen LogP contribution in [0.1, 0.15) is 36.1 Å². The molecule has 0 spiro atoms. The maximum absolute atomic E-state index is 14.1. The number of nitrogens with one attached hydrogen (secondary N) is 1. The fraction of sp³-hybridized carbons (Fsp3) is 0.381. The highest BCUT2D eigenvalue weighted by Gasteiger charge is 2.30. The fourth-order valence-corrected chi connectivity index (χ4v) is 6.41. The summed E-state index contributed by atoms with van der Waals surface area (Å²) in [5.41, 5.74) is 1.80. The lowest BCUT2D eigenvalue weighted by Gasteiger charge is -2.21. The number of aryl methyl sites for hydroxylation is 1. The zero-order chi connectivity index (χ0) is 21.0. The van der Waals surface area contributed by atoms with Crippen LogP contribution < -0.4 is 5.32 Å². The Bertz CT molecular complexity index is 995. The van der Waals surface area contributed by atoms with Crippen LogP contribution in [0.5, 0.6) is 0 Å². The maximum atomic E-state index is 14.1. The van der Waals surface area contributed by atoms with Gasteiger partial charge in [0.15, 0.2) is 0 Å². The molecule has 0 unspecified atom stereocenters. The quantitative estimate of drug-likeness (QED) is 0.757. The lowest BCUT2D eigenvalue weighted by atomic mass is 10.1. The molecule has 0 radical (unpaired) electrons. The number of nitrogens with zero attached hydrogens (tertiary/aromatic N) is 1. The zero-order valence-corrected chi connectivity index (χ0v) is 18.2. The molecule has 0 bridgehead atoms.